The lowest BCUT2D eigenvalue weighted by Crippen LogP contribution is -2.41. The summed E-state index contributed by atoms with van der Waals surface area (Å²) >= 11 is 0. The molecule has 0 atom stereocenters. The zero-order valence-corrected chi connectivity index (χ0v) is 18.1. The third-order valence-electron chi connectivity index (χ3n) is 3.86. The molecule has 142 valence electrons. The molecular weight excluding hydrogens is 439 g/mol. The van der Waals surface area contributed by atoms with Gasteiger partial charge in [0.15, 0.2) is 5.96 Å². The van der Waals surface area contributed by atoms with E-state index in [-0.39, 0.29) is 24.0 Å². The second kappa shape index (κ2) is 12.4. The lowest BCUT2D eigenvalue weighted by atomic mass is 10.2. The van der Waals surface area contributed by atoms with Crippen LogP contribution in [0.25, 0.3) is 0 Å². The number of benzene rings is 2. The predicted octanol–water partition coefficient (Wildman–Crippen LogP) is 3.50. The van der Waals surface area contributed by atoms with E-state index in [1.165, 1.54) is 5.69 Å². The van der Waals surface area contributed by atoms with Gasteiger partial charge in [0.25, 0.3) is 0 Å². The molecule has 0 aliphatic carbocycles. The van der Waals surface area contributed by atoms with Gasteiger partial charge in [-0.05, 0) is 36.8 Å². The largest absolute Gasteiger partial charge is 0.497 e. The number of nitrogens with one attached hydrogen (secondary N) is 2. The van der Waals surface area contributed by atoms with Gasteiger partial charge in [-0.3, -0.25) is 0 Å². The SMILES string of the molecule is CCNC(=NCc1ccc(OC)cc1)NCCN(C)c1ccccc1.I. The van der Waals surface area contributed by atoms with E-state index < -0.39 is 0 Å². The molecule has 0 radical (unpaired) electrons. The van der Waals surface area contributed by atoms with Crippen LogP contribution in [0.1, 0.15) is 12.5 Å². The minimum absolute atomic E-state index is 0. The van der Waals surface area contributed by atoms with E-state index in [1.807, 2.05) is 30.3 Å². The van der Waals surface area contributed by atoms with E-state index in [0.29, 0.717) is 6.54 Å². The van der Waals surface area contributed by atoms with Gasteiger partial charge in [0.2, 0.25) is 0 Å². The maximum atomic E-state index is 5.18. The minimum atomic E-state index is 0. The van der Waals surface area contributed by atoms with Gasteiger partial charge in [-0.1, -0.05) is 30.3 Å². The minimum Gasteiger partial charge on any atom is -0.497 e. The Kier molecular flexibility index (Phi) is 10.5. The molecule has 0 saturated carbocycles. The first-order valence-electron chi connectivity index (χ1n) is 8.64. The Morgan fingerprint density at radius 1 is 1.04 bits per heavy atom. The molecule has 2 rings (SSSR count). The molecular formula is C20H29IN4O. The number of hydrogen-bond acceptors (Lipinski definition) is 3. The molecule has 0 bridgehead atoms. The summed E-state index contributed by atoms with van der Waals surface area (Å²) in [6, 6.07) is 18.4. The molecule has 0 unspecified atom stereocenters. The summed E-state index contributed by atoms with van der Waals surface area (Å²) in [4.78, 5) is 6.87. The van der Waals surface area contributed by atoms with Crippen molar-refractivity contribution in [1.29, 1.82) is 0 Å². The summed E-state index contributed by atoms with van der Waals surface area (Å²) in [7, 11) is 3.77. The number of nitrogens with zero attached hydrogens (tertiary/aromatic N) is 2. The number of aliphatic imine (C=N–C) groups is 1. The summed E-state index contributed by atoms with van der Waals surface area (Å²) in [5, 5.41) is 6.67. The van der Waals surface area contributed by atoms with Crippen LogP contribution in [0.5, 0.6) is 5.75 Å². The highest BCUT2D eigenvalue weighted by Gasteiger charge is 2.01. The Balaban J connectivity index is 0.00000338. The van der Waals surface area contributed by atoms with Crippen molar-refractivity contribution in [1.82, 2.24) is 10.6 Å². The van der Waals surface area contributed by atoms with Crippen LogP contribution in [-0.2, 0) is 6.54 Å². The van der Waals surface area contributed by atoms with Crippen molar-refractivity contribution in [3.8, 4) is 5.75 Å². The molecule has 0 aromatic heterocycles. The zero-order chi connectivity index (χ0) is 17.9. The Labute approximate surface area is 173 Å². The zero-order valence-electron chi connectivity index (χ0n) is 15.7. The normalized spacial score (nSPS) is 10.7. The molecule has 2 aromatic carbocycles. The molecule has 5 nitrogen and oxygen atoms in total. The van der Waals surface area contributed by atoms with Crippen molar-refractivity contribution in [3.05, 3.63) is 60.2 Å². The number of anilines is 1. The van der Waals surface area contributed by atoms with Gasteiger partial charge < -0.3 is 20.3 Å². The van der Waals surface area contributed by atoms with Crippen LogP contribution in [0.4, 0.5) is 5.69 Å². The van der Waals surface area contributed by atoms with Crippen LogP contribution in [-0.4, -0.2) is 39.8 Å². The lowest BCUT2D eigenvalue weighted by Gasteiger charge is -2.20. The molecule has 2 N–H and O–H groups in total. The number of guanidine groups is 1. The average Bonchev–Trinajstić information content (AvgIpc) is 2.67. The third-order valence-corrected chi connectivity index (χ3v) is 3.86. The Morgan fingerprint density at radius 3 is 2.35 bits per heavy atom. The average molecular weight is 468 g/mol. The van der Waals surface area contributed by atoms with E-state index in [1.54, 1.807) is 7.11 Å². The van der Waals surface area contributed by atoms with Crippen LogP contribution in [0.2, 0.25) is 0 Å². The summed E-state index contributed by atoms with van der Waals surface area (Å²) in [5.41, 5.74) is 2.36. The van der Waals surface area contributed by atoms with Crippen LogP contribution >= 0.6 is 24.0 Å². The standard InChI is InChI=1S/C20H28N4O.HI/c1-4-21-20(23-16-17-10-12-19(25-3)13-11-17)22-14-15-24(2)18-8-6-5-7-9-18;/h5-13H,4,14-16H2,1-3H3,(H2,21,22,23);1H. The molecule has 0 spiro atoms. The molecule has 0 heterocycles. The Bertz CT molecular complexity index is 647. The Morgan fingerprint density at radius 2 is 1.73 bits per heavy atom. The molecule has 0 aliphatic rings. The van der Waals surface area contributed by atoms with Crippen molar-refractivity contribution in [2.45, 2.75) is 13.5 Å². The fraction of sp³-hybridized carbons (Fsp3) is 0.350. The van der Waals surface area contributed by atoms with E-state index in [0.717, 1.165) is 36.9 Å². The van der Waals surface area contributed by atoms with Gasteiger partial charge in [0.05, 0.1) is 13.7 Å². The highest BCUT2D eigenvalue weighted by Crippen LogP contribution is 2.12. The van der Waals surface area contributed by atoms with Gasteiger partial charge in [-0.25, -0.2) is 4.99 Å². The lowest BCUT2D eigenvalue weighted by molar-refractivity contribution is 0.414. The molecule has 0 saturated heterocycles. The Hall–Kier alpha value is -1.96. The van der Waals surface area contributed by atoms with Crippen LogP contribution in [0, 0.1) is 0 Å². The number of methoxy groups -OCH3 is 1. The van der Waals surface area contributed by atoms with Crippen molar-refractivity contribution < 1.29 is 4.74 Å². The van der Waals surface area contributed by atoms with E-state index >= 15 is 0 Å². The fourth-order valence-electron chi connectivity index (χ4n) is 2.40. The van der Waals surface area contributed by atoms with E-state index in [2.05, 4.69) is 58.8 Å². The number of likely N-dealkylation sites (N-methyl/N-ethyl adjacent to an activating group) is 1. The van der Waals surface area contributed by atoms with E-state index in [4.69, 9.17) is 4.74 Å². The van der Waals surface area contributed by atoms with Crippen LogP contribution in [0.3, 0.4) is 0 Å². The highest BCUT2D eigenvalue weighted by molar-refractivity contribution is 14.0. The maximum absolute atomic E-state index is 5.18. The molecule has 2 aromatic rings. The summed E-state index contributed by atoms with van der Waals surface area (Å²) in [6.45, 7) is 5.26. The van der Waals surface area contributed by atoms with Crippen LogP contribution in [0.15, 0.2) is 59.6 Å². The second-order valence-electron chi connectivity index (χ2n) is 5.73. The number of rotatable bonds is 8. The number of ether oxygens (including phenoxy) is 1. The smallest absolute Gasteiger partial charge is 0.191 e. The highest BCUT2D eigenvalue weighted by atomic mass is 127. The molecule has 0 aliphatic heterocycles. The number of halogens is 1. The topological polar surface area (TPSA) is 48.9 Å². The second-order valence-corrected chi connectivity index (χ2v) is 5.73. The first-order valence-corrected chi connectivity index (χ1v) is 8.64. The van der Waals surface area contributed by atoms with Crippen molar-refractivity contribution in [2.24, 2.45) is 4.99 Å². The van der Waals surface area contributed by atoms with Crippen molar-refractivity contribution in [2.75, 3.05) is 38.7 Å². The van der Waals surface area contributed by atoms with Crippen molar-refractivity contribution in [3.63, 3.8) is 0 Å². The summed E-state index contributed by atoms with van der Waals surface area (Å²) in [5.74, 6) is 1.70. The maximum Gasteiger partial charge on any atom is 0.191 e. The molecule has 0 fully saturated rings. The first-order chi connectivity index (χ1) is 12.2. The molecule has 0 amide bonds. The predicted molar refractivity (Wildman–Crippen MR) is 121 cm³/mol. The van der Waals surface area contributed by atoms with Gasteiger partial charge in [0.1, 0.15) is 5.75 Å². The van der Waals surface area contributed by atoms with Gasteiger partial charge in [-0.2, -0.15) is 0 Å². The van der Waals surface area contributed by atoms with Gasteiger partial charge >= 0.3 is 0 Å². The van der Waals surface area contributed by atoms with Crippen molar-refractivity contribution >= 4 is 35.6 Å². The van der Waals surface area contributed by atoms with Gasteiger partial charge in [-0.15, -0.1) is 24.0 Å². The monoisotopic (exact) mass is 468 g/mol. The number of hydrogen-bond donors (Lipinski definition) is 2. The quantitative estimate of drug-likeness (QED) is 0.354. The third kappa shape index (κ3) is 7.51. The fourth-order valence-corrected chi connectivity index (χ4v) is 2.40. The van der Waals surface area contributed by atoms with E-state index in [9.17, 15) is 0 Å². The number of para-hydroxylation sites is 1. The molecule has 26 heavy (non-hydrogen) atoms. The summed E-state index contributed by atoms with van der Waals surface area (Å²) < 4.78 is 5.18. The molecule has 6 heteroatoms. The summed E-state index contributed by atoms with van der Waals surface area (Å²) in [6.07, 6.45) is 0. The van der Waals surface area contributed by atoms with Gasteiger partial charge in [0, 0.05) is 32.4 Å². The first kappa shape index (κ1) is 22.1. The van der Waals surface area contributed by atoms with Crippen LogP contribution < -0.4 is 20.3 Å².